The summed E-state index contributed by atoms with van der Waals surface area (Å²) in [5, 5.41) is 1.29. The predicted molar refractivity (Wildman–Crippen MR) is 123 cm³/mol. The standard InChI is InChI=1S/C23H21ClN2O3S/c1-4-12-26-22(27)21(30-23(26)25-18-9-7-17(24)8-10-18)15-16-6-11-19(29-13-5-2)20(14-16)28-3/h2,6-11,14-15H,4,12-13H2,1,3H3/b21-15-,25-23?. The first-order valence-electron chi connectivity index (χ1n) is 9.35. The number of nitrogens with zero attached hydrogens (tertiary/aromatic N) is 2. The number of halogens is 1. The predicted octanol–water partition coefficient (Wildman–Crippen LogP) is 5.37. The zero-order valence-corrected chi connectivity index (χ0v) is 18.3. The lowest BCUT2D eigenvalue weighted by atomic mass is 10.2. The molecule has 2 aromatic carbocycles. The summed E-state index contributed by atoms with van der Waals surface area (Å²) >= 11 is 7.30. The smallest absolute Gasteiger partial charge is 0.266 e. The van der Waals surface area contributed by atoms with E-state index in [2.05, 4.69) is 10.9 Å². The number of amides is 1. The summed E-state index contributed by atoms with van der Waals surface area (Å²) in [7, 11) is 1.56. The van der Waals surface area contributed by atoms with E-state index in [0.29, 0.717) is 33.1 Å². The van der Waals surface area contributed by atoms with E-state index in [1.165, 1.54) is 11.8 Å². The number of carbonyl (C=O) groups is 1. The van der Waals surface area contributed by atoms with Crippen LogP contribution in [0.3, 0.4) is 0 Å². The van der Waals surface area contributed by atoms with Crippen LogP contribution in [-0.4, -0.2) is 36.2 Å². The molecule has 1 amide bonds. The van der Waals surface area contributed by atoms with Gasteiger partial charge in [0.15, 0.2) is 16.7 Å². The van der Waals surface area contributed by atoms with Crippen LogP contribution in [0.5, 0.6) is 11.5 Å². The molecule has 3 rings (SSSR count). The van der Waals surface area contributed by atoms with E-state index < -0.39 is 0 Å². The van der Waals surface area contributed by atoms with Crippen molar-refractivity contribution in [3.05, 3.63) is 58.0 Å². The number of rotatable bonds is 7. The number of ether oxygens (including phenoxy) is 2. The maximum atomic E-state index is 13.0. The summed E-state index contributed by atoms with van der Waals surface area (Å²) < 4.78 is 10.9. The molecular weight excluding hydrogens is 420 g/mol. The van der Waals surface area contributed by atoms with Crippen LogP contribution in [0, 0.1) is 12.3 Å². The summed E-state index contributed by atoms with van der Waals surface area (Å²) in [5.41, 5.74) is 1.56. The van der Waals surface area contributed by atoms with E-state index in [4.69, 9.17) is 27.5 Å². The minimum atomic E-state index is -0.0683. The van der Waals surface area contributed by atoms with Gasteiger partial charge in [-0.05, 0) is 66.2 Å². The highest BCUT2D eigenvalue weighted by Gasteiger charge is 2.32. The second-order valence-electron chi connectivity index (χ2n) is 6.34. The molecule has 0 atom stereocenters. The topological polar surface area (TPSA) is 51.1 Å². The average Bonchev–Trinajstić information content (AvgIpc) is 3.03. The Bertz CT molecular complexity index is 1030. The lowest BCUT2D eigenvalue weighted by Crippen LogP contribution is -2.29. The molecule has 0 aromatic heterocycles. The van der Waals surface area contributed by atoms with Crippen LogP contribution in [0.2, 0.25) is 5.02 Å². The lowest BCUT2D eigenvalue weighted by Gasteiger charge is -2.14. The third kappa shape index (κ3) is 5.18. The van der Waals surface area contributed by atoms with Gasteiger partial charge in [0.05, 0.1) is 17.7 Å². The molecule has 1 aliphatic heterocycles. The Morgan fingerprint density at radius 2 is 2.00 bits per heavy atom. The number of benzene rings is 2. The van der Waals surface area contributed by atoms with Gasteiger partial charge in [-0.25, -0.2) is 4.99 Å². The lowest BCUT2D eigenvalue weighted by molar-refractivity contribution is -0.122. The van der Waals surface area contributed by atoms with Gasteiger partial charge in [-0.1, -0.05) is 30.5 Å². The van der Waals surface area contributed by atoms with Crippen LogP contribution in [0.15, 0.2) is 52.4 Å². The van der Waals surface area contributed by atoms with Gasteiger partial charge in [0.2, 0.25) is 0 Å². The van der Waals surface area contributed by atoms with Crippen molar-refractivity contribution in [2.75, 3.05) is 20.3 Å². The molecule has 1 aliphatic rings. The molecule has 0 bridgehead atoms. The molecule has 1 fully saturated rings. The fourth-order valence-electron chi connectivity index (χ4n) is 2.80. The van der Waals surface area contributed by atoms with E-state index in [-0.39, 0.29) is 12.5 Å². The molecule has 7 heteroatoms. The quantitative estimate of drug-likeness (QED) is 0.428. The number of hydrogen-bond acceptors (Lipinski definition) is 5. The number of terminal acetylenes is 1. The number of thioether (sulfide) groups is 1. The van der Waals surface area contributed by atoms with Crippen LogP contribution in [-0.2, 0) is 4.79 Å². The maximum absolute atomic E-state index is 13.0. The Labute approximate surface area is 185 Å². The number of amidine groups is 1. The minimum absolute atomic E-state index is 0.0683. The number of aliphatic imine (C=N–C) groups is 1. The summed E-state index contributed by atoms with van der Waals surface area (Å²) in [4.78, 5) is 19.9. The fourth-order valence-corrected chi connectivity index (χ4v) is 3.95. The van der Waals surface area contributed by atoms with E-state index >= 15 is 0 Å². The van der Waals surface area contributed by atoms with Gasteiger partial charge in [-0.15, -0.1) is 6.42 Å². The Kier molecular flexibility index (Phi) is 7.45. The Morgan fingerprint density at radius 3 is 2.67 bits per heavy atom. The van der Waals surface area contributed by atoms with E-state index in [1.54, 1.807) is 30.2 Å². The third-order valence-corrected chi connectivity index (χ3v) is 5.44. The zero-order valence-electron chi connectivity index (χ0n) is 16.7. The first-order valence-corrected chi connectivity index (χ1v) is 10.5. The first kappa shape index (κ1) is 21.8. The molecule has 0 N–H and O–H groups in total. The summed E-state index contributed by atoms with van der Waals surface area (Å²) in [6, 6.07) is 12.6. The second-order valence-corrected chi connectivity index (χ2v) is 7.79. The van der Waals surface area contributed by atoms with Crippen LogP contribution < -0.4 is 9.47 Å². The summed E-state index contributed by atoms with van der Waals surface area (Å²) in [6.07, 6.45) is 7.90. The molecule has 0 aliphatic carbocycles. The summed E-state index contributed by atoms with van der Waals surface area (Å²) in [5.74, 6) is 3.47. The molecule has 1 heterocycles. The highest BCUT2D eigenvalue weighted by Crippen LogP contribution is 2.36. The number of methoxy groups -OCH3 is 1. The van der Waals surface area contributed by atoms with Crippen molar-refractivity contribution in [1.29, 1.82) is 0 Å². The fraction of sp³-hybridized carbons (Fsp3) is 0.217. The van der Waals surface area contributed by atoms with Crippen LogP contribution in [0.1, 0.15) is 18.9 Å². The van der Waals surface area contributed by atoms with Gasteiger partial charge < -0.3 is 9.47 Å². The number of carbonyl (C=O) groups excluding carboxylic acids is 1. The van der Waals surface area contributed by atoms with Crippen molar-refractivity contribution in [2.45, 2.75) is 13.3 Å². The number of hydrogen-bond donors (Lipinski definition) is 0. The van der Waals surface area contributed by atoms with Gasteiger partial charge in [0.1, 0.15) is 6.61 Å². The van der Waals surface area contributed by atoms with Gasteiger partial charge >= 0.3 is 0 Å². The van der Waals surface area contributed by atoms with Crippen LogP contribution in [0.25, 0.3) is 6.08 Å². The second kappa shape index (κ2) is 10.2. The highest BCUT2D eigenvalue weighted by molar-refractivity contribution is 8.18. The van der Waals surface area contributed by atoms with Crippen LogP contribution >= 0.6 is 23.4 Å². The first-order chi connectivity index (χ1) is 14.5. The van der Waals surface area contributed by atoms with Crippen molar-refractivity contribution in [2.24, 2.45) is 4.99 Å². The molecule has 154 valence electrons. The normalized spacial score (nSPS) is 16.2. The van der Waals surface area contributed by atoms with E-state index in [0.717, 1.165) is 17.7 Å². The van der Waals surface area contributed by atoms with Gasteiger partial charge in [0.25, 0.3) is 5.91 Å². The monoisotopic (exact) mass is 440 g/mol. The van der Waals surface area contributed by atoms with E-state index in [1.807, 2.05) is 37.3 Å². The molecule has 1 saturated heterocycles. The SMILES string of the molecule is C#CCOc1ccc(/C=C2\SC(=Nc3ccc(Cl)cc3)N(CCC)C2=O)cc1OC. The molecule has 0 spiro atoms. The van der Waals surface area contributed by atoms with Gasteiger partial charge in [-0.3, -0.25) is 9.69 Å². The zero-order chi connectivity index (χ0) is 21.5. The van der Waals surface area contributed by atoms with Crippen molar-refractivity contribution < 1.29 is 14.3 Å². The molecule has 0 saturated carbocycles. The van der Waals surface area contributed by atoms with Gasteiger partial charge in [0, 0.05) is 11.6 Å². The largest absolute Gasteiger partial charge is 0.493 e. The van der Waals surface area contributed by atoms with Crippen molar-refractivity contribution >= 4 is 46.2 Å². The average molecular weight is 441 g/mol. The van der Waals surface area contributed by atoms with Crippen molar-refractivity contribution in [3.63, 3.8) is 0 Å². The van der Waals surface area contributed by atoms with E-state index in [9.17, 15) is 4.79 Å². The Balaban J connectivity index is 1.90. The molecular formula is C23H21ClN2O3S. The van der Waals surface area contributed by atoms with Crippen molar-refractivity contribution in [1.82, 2.24) is 4.90 Å². The molecule has 5 nitrogen and oxygen atoms in total. The van der Waals surface area contributed by atoms with Crippen LogP contribution in [0.4, 0.5) is 5.69 Å². The Morgan fingerprint density at radius 1 is 1.23 bits per heavy atom. The van der Waals surface area contributed by atoms with Crippen molar-refractivity contribution in [3.8, 4) is 23.8 Å². The highest BCUT2D eigenvalue weighted by atomic mass is 35.5. The third-order valence-electron chi connectivity index (χ3n) is 4.18. The molecule has 0 unspecified atom stereocenters. The summed E-state index contributed by atoms with van der Waals surface area (Å²) in [6.45, 7) is 2.78. The molecule has 2 aromatic rings. The minimum Gasteiger partial charge on any atom is -0.493 e. The van der Waals surface area contributed by atoms with Gasteiger partial charge in [-0.2, -0.15) is 0 Å². The molecule has 0 radical (unpaired) electrons. The maximum Gasteiger partial charge on any atom is 0.266 e. The Hall–Kier alpha value is -2.88. The molecule has 30 heavy (non-hydrogen) atoms.